The van der Waals surface area contributed by atoms with Crippen molar-refractivity contribution in [1.82, 2.24) is 24.3 Å². The van der Waals surface area contributed by atoms with Gasteiger partial charge in [0.05, 0.1) is 16.6 Å². The largest absolute Gasteiger partial charge is 0.383 e. The second-order valence-corrected chi connectivity index (χ2v) is 11.6. The number of fused-ring (bicyclic) bond motifs is 1. The van der Waals surface area contributed by atoms with Crippen LogP contribution in [0.4, 0.5) is 5.82 Å². The number of hydrogen-bond acceptors (Lipinski definition) is 5. The smallest absolute Gasteiger partial charge is 0.245 e. The minimum atomic E-state index is 0.0532. The Bertz CT molecular complexity index is 1760. The van der Waals surface area contributed by atoms with Crippen molar-refractivity contribution in [1.29, 1.82) is 0 Å². The molecule has 0 unspecified atom stereocenters. The van der Waals surface area contributed by atoms with Crippen molar-refractivity contribution in [2.45, 2.75) is 19.4 Å². The summed E-state index contributed by atoms with van der Waals surface area (Å²) in [6, 6.07) is 29.5. The molecule has 42 heavy (non-hydrogen) atoms. The molecule has 5 aromatic rings. The van der Waals surface area contributed by atoms with E-state index in [-0.39, 0.29) is 5.91 Å². The molecular weight excluding hydrogens is 520 g/mol. The number of nitrogens with two attached hydrogens (primary N) is 1. The molecule has 7 nitrogen and oxygen atoms in total. The minimum Gasteiger partial charge on any atom is -0.383 e. The van der Waals surface area contributed by atoms with Crippen LogP contribution < -0.4 is 5.73 Å². The van der Waals surface area contributed by atoms with E-state index in [1.54, 1.807) is 6.20 Å². The summed E-state index contributed by atoms with van der Waals surface area (Å²) in [6.07, 6.45) is 5.28. The lowest BCUT2D eigenvalue weighted by Crippen LogP contribution is -2.60. The Balaban J connectivity index is 1.15. The van der Waals surface area contributed by atoms with E-state index in [0.717, 1.165) is 84.8 Å². The summed E-state index contributed by atoms with van der Waals surface area (Å²) in [5.74, 6) is 1.29. The third-order valence-electron chi connectivity index (χ3n) is 8.87. The van der Waals surface area contributed by atoms with Gasteiger partial charge < -0.3 is 10.6 Å². The van der Waals surface area contributed by atoms with Gasteiger partial charge in [-0.05, 0) is 77.4 Å². The normalized spacial score (nSPS) is 16.4. The van der Waals surface area contributed by atoms with Crippen LogP contribution in [0.25, 0.3) is 39.2 Å². The highest BCUT2D eigenvalue weighted by Crippen LogP contribution is 2.41. The molecule has 2 aliphatic heterocycles. The van der Waals surface area contributed by atoms with Gasteiger partial charge in [0.25, 0.3) is 0 Å². The molecular formula is C35H34N6O. The van der Waals surface area contributed by atoms with Gasteiger partial charge in [0.15, 0.2) is 0 Å². The molecule has 0 aliphatic carbocycles. The van der Waals surface area contributed by atoms with Crippen LogP contribution in [0.2, 0.25) is 0 Å². The monoisotopic (exact) mass is 554 g/mol. The lowest BCUT2D eigenvalue weighted by atomic mass is 9.72. The number of rotatable bonds is 6. The molecule has 4 heterocycles. The van der Waals surface area contributed by atoms with Gasteiger partial charge in [0.1, 0.15) is 11.6 Å². The number of carbonyl (C=O) groups is 1. The van der Waals surface area contributed by atoms with Crippen molar-refractivity contribution in [3.8, 4) is 28.2 Å². The molecule has 3 aromatic carbocycles. The first-order chi connectivity index (χ1) is 20.5. The maximum absolute atomic E-state index is 12.0. The first-order valence-corrected chi connectivity index (χ1v) is 14.5. The van der Waals surface area contributed by atoms with Crippen molar-refractivity contribution in [2.24, 2.45) is 5.41 Å². The fraction of sp³-hybridized carbons (Fsp3) is 0.229. The van der Waals surface area contributed by atoms with Crippen LogP contribution in [0.5, 0.6) is 0 Å². The van der Waals surface area contributed by atoms with Gasteiger partial charge in [-0.3, -0.25) is 14.3 Å². The highest BCUT2D eigenvalue weighted by atomic mass is 16.2. The predicted octanol–water partition coefficient (Wildman–Crippen LogP) is 5.95. The van der Waals surface area contributed by atoms with E-state index in [9.17, 15) is 4.79 Å². The Morgan fingerprint density at radius 3 is 2.40 bits per heavy atom. The molecule has 0 radical (unpaired) electrons. The van der Waals surface area contributed by atoms with E-state index in [4.69, 9.17) is 10.7 Å². The van der Waals surface area contributed by atoms with E-state index in [0.29, 0.717) is 11.2 Å². The molecule has 2 aromatic heterocycles. The average Bonchev–Trinajstić information content (AvgIpc) is 3.40. The fourth-order valence-corrected chi connectivity index (χ4v) is 6.60. The first-order valence-electron chi connectivity index (χ1n) is 14.5. The number of piperidine rings is 1. The summed E-state index contributed by atoms with van der Waals surface area (Å²) in [6.45, 7) is 8.39. The van der Waals surface area contributed by atoms with Crippen LogP contribution in [0.3, 0.4) is 0 Å². The number of nitrogen functional groups attached to an aromatic ring is 1. The Hall–Kier alpha value is -4.75. The molecule has 2 fully saturated rings. The number of nitrogens with zero attached hydrogens (tertiary/aromatic N) is 5. The highest BCUT2D eigenvalue weighted by molar-refractivity contribution is 5.89. The second-order valence-electron chi connectivity index (χ2n) is 11.6. The standard InChI is InChI=1S/C35H34N6O/c1-2-32(42)40-19-16-35(17-20-40)23-39(24-35)22-25-10-13-28(14-11-25)41-31-21-27(26-7-4-3-5-8-26)12-15-30(31)38-34(41)29-9-6-18-37-33(29)36/h2-15,18,21H,1,16-17,19-20,22-24H2,(H2,36,37). The fourth-order valence-electron chi connectivity index (χ4n) is 6.60. The Morgan fingerprint density at radius 2 is 1.69 bits per heavy atom. The zero-order valence-electron chi connectivity index (χ0n) is 23.6. The van der Waals surface area contributed by atoms with Gasteiger partial charge in [-0.1, -0.05) is 55.1 Å². The molecule has 0 saturated carbocycles. The van der Waals surface area contributed by atoms with E-state index < -0.39 is 0 Å². The number of aromatic nitrogens is 3. The first kappa shape index (κ1) is 26.2. The van der Waals surface area contributed by atoms with Gasteiger partial charge >= 0.3 is 0 Å². The van der Waals surface area contributed by atoms with Gasteiger partial charge in [-0.2, -0.15) is 0 Å². The maximum atomic E-state index is 12.0. The van der Waals surface area contributed by atoms with Gasteiger partial charge in [-0.25, -0.2) is 9.97 Å². The molecule has 7 rings (SSSR count). The zero-order chi connectivity index (χ0) is 28.7. The van der Waals surface area contributed by atoms with E-state index in [2.05, 4.69) is 87.8 Å². The van der Waals surface area contributed by atoms with Crippen molar-refractivity contribution >= 4 is 22.8 Å². The quantitative estimate of drug-likeness (QED) is 0.263. The number of pyridine rings is 1. The van der Waals surface area contributed by atoms with E-state index in [1.165, 1.54) is 11.6 Å². The summed E-state index contributed by atoms with van der Waals surface area (Å²) >= 11 is 0. The highest BCUT2D eigenvalue weighted by Gasteiger charge is 2.44. The van der Waals surface area contributed by atoms with Crippen LogP contribution in [0, 0.1) is 5.41 Å². The zero-order valence-corrected chi connectivity index (χ0v) is 23.6. The number of anilines is 1. The van der Waals surface area contributed by atoms with Crippen LogP contribution >= 0.6 is 0 Å². The summed E-state index contributed by atoms with van der Waals surface area (Å²) < 4.78 is 2.19. The molecule has 2 saturated heterocycles. The summed E-state index contributed by atoms with van der Waals surface area (Å²) in [5.41, 5.74) is 14.0. The number of hydrogen-bond donors (Lipinski definition) is 1. The third-order valence-corrected chi connectivity index (χ3v) is 8.87. The summed E-state index contributed by atoms with van der Waals surface area (Å²) in [4.78, 5) is 25.8. The lowest BCUT2D eigenvalue weighted by molar-refractivity contribution is -0.131. The van der Waals surface area contributed by atoms with Gasteiger partial charge in [0.2, 0.25) is 5.91 Å². The van der Waals surface area contributed by atoms with Crippen molar-refractivity contribution < 1.29 is 4.79 Å². The number of imidazole rings is 1. The summed E-state index contributed by atoms with van der Waals surface area (Å²) in [5, 5.41) is 0. The lowest BCUT2D eigenvalue weighted by Gasteiger charge is -2.54. The Labute approximate surface area is 245 Å². The van der Waals surface area contributed by atoms with Crippen LogP contribution in [-0.2, 0) is 11.3 Å². The Morgan fingerprint density at radius 1 is 0.929 bits per heavy atom. The molecule has 7 heteroatoms. The van der Waals surface area contributed by atoms with Gasteiger partial charge in [-0.15, -0.1) is 0 Å². The second kappa shape index (κ2) is 10.6. The molecule has 0 atom stereocenters. The van der Waals surface area contributed by atoms with E-state index >= 15 is 0 Å². The molecule has 2 N–H and O–H groups in total. The SMILES string of the molecule is C=CC(=O)N1CCC2(CC1)CN(Cc1ccc(-n3c(-c4cccnc4N)nc4ccc(-c5ccccc5)cc43)cc1)C2. The number of amides is 1. The topological polar surface area (TPSA) is 80.3 Å². The van der Waals surface area contributed by atoms with Gasteiger partial charge in [0, 0.05) is 44.6 Å². The molecule has 0 bridgehead atoms. The third kappa shape index (κ3) is 4.76. The molecule has 210 valence electrons. The molecule has 2 aliphatic rings. The number of benzene rings is 3. The van der Waals surface area contributed by atoms with Crippen LogP contribution in [-0.4, -0.2) is 56.4 Å². The van der Waals surface area contributed by atoms with Crippen molar-refractivity contribution in [3.05, 3.63) is 109 Å². The Kier molecular flexibility index (Phi) is 6.59. The van der Waals surface area contributed by atoms with Crippen LogP contribution in [0.1, 0.15) is 18.4 Å². The van der Waals surface area contributed by atoms with Crippen LogP contribution in [0.15, 0.2) is 104 Å². The molecule has 1 amide bonds. The van der Waals surface area contributed by atoms with E-state index in [1.807, 2.05) is 23.1 Å². The maximum Gasteiger partial charge on any atom is 0.245 e. The summed E-state index contributed by atoms with van der Waals surface area (Å²) in [7, 11) is 0. The average molecular weight is 555 g/mol. The molecule has 1 spiro atoms. The number of likely N-dealkylation sites (tertiary alicyclic amines) is 2. The number of carbonyl (C=O) groups excluding carboxylic acids is 1. The van der Waals surface area contributed by atoms with Crippen molar-refractivity contribution in [2.75, 3.05) is 31.9 Å². The predicted molar refractivity (Wildman–Crippen MR) is 168 cm³/mol. The van der Waals surface area contributed by atoms with Crippen molar-refractivity contribution in [3.63, 3.8) is 0 Å². The minimum absolute atomic E-state index is 0.0532.